The van der Waals surface area contributed by atoms with Crippen LogP contribution in [0.4, 0.5) is 13.2 Å². The lowest BCUT2D eigenvalue weighted by molar-refractivity contribution is -0.156. The number of hydrogen-bond donors (Lipinski definition) is 1. The Balaban J connectivity index is 1.91. The summed E-state index contributed by atoms with van der Waals surface area (Å²) in [5.41, 5.74) is 1.75. The summed E-state index contributed by atoms with van der Waals surface area (Å²) in [5.74, 6) is 0.409. The lowest BCUT2D eigenvalue weighted by Crippen LogP contribution is -2.25. The Morgan fingerprint density at radius 1 is 1.29 bits per heavy atom. The van der Waals surface area contributed by atoms with Gasteiger partial charge in [-0.25, -0.2) is 4.98 Å². The van der Waals surface area contributed by atoms with Crippen molar-refractivity contribution in [3.63, 3.8) is 0 Å². The highest BCUT2D eigenvalue weighted by Crippen LogP contribution is 2.25. The molecule has 1 N–H and O–H groups in total. The first-order valence-electron chi connectivity index (χ1n) is 6.24. The molecule has 0 aliphatic heterocycles. The molecule has 0 fully saturated rings. The van der Waals surface area contributed by atoms with E-state index in [2.05, 4.69) is 4.98 Å². The van der Waals surface area contributed by atoms with E-state index in [1.54, 1.807) is 35.6 Å². The Hall–Kier alpha value is -1.60. The third-order valence-corrected chi connectivity index (χ3v) is 3.45. The second-order valence-electron chi connectivity index (χ2n) is 4.56. The van der Waals surface area contributed by atoms with Gasteiger partial charge >= 0.3 is 6.18 Å². The molecule has 1 aromatic carbocycles. The zero-order valence-corrected chi connectivity index (χ0v) is 12.0. The van der Waals surface area contributed by atoms with Crippen molar-refractivity contribution in [3.05, 3.63) is 34.7 Å². The molecule has 1 heterocycles. The van der Waals surface area contributed by atoms with E-state index in [9.17, 15) is 18.3 Å². The van der Waals surface area contributed by atoms with Crippen LogP contribution >= 0.6 is 11.3 Å². The Kier molecular flexibility index (Phi) is 4.84. The van der Waals surface area contributed by atoms with E-state index in [1.807, 2.05) is 12.3 Å². The van der Waals surface area contributed by atoms with Crippen molar-refractivity contribution < 1.29 is 23.0 Å². The molecule has 1 atom stereocenters. The first-order chi connectivity index (χ1) is 9.83. The van der Waals surface area contributed by atoms with Gasteiger partial charge in [0.05, 0.1) is 23.2 Å². The van der Waals surface area contributed by atoms with Crippen LogP contribution in [0.15, 0.2) is 29.6 Å². The van der Waals surface area contributed by atoms with Crippen molar-refractivity contribution in [3.8, 4) is 17.0 Å². The molecule has 1 aromatic heterocycles. The van der Waals surface area contributed by atoms with Gasteiger partial charge in [0.25, 0.3) is 0 Å². The maximum absolute atomic E-state index is 12.1. The van der Waals surface area contributed by atoms with Crippen molar-refractivity contribution in [2.24, 2.45) is 0 Å². The zero-order valence-electron chi connectivity index (χ0n) is 11.2. The third kappa shape index (κ3) is 5.02. The van der Waals surface area contributed by atoms with Gasteiger partial charge in [0.1, 0.15) is 12.4 Å². The van der Waals surface area contributed by atoms with Crippen LogP contribution in [0.2, 0.25) is 0 Å². The summed E-state index contributed by atoms with van der Waals surface area (Å²) in [6.07, 6.45) is -7.23. The Bertz CT molecular complexity index is 581. The molecule has 0 amide bonds. The van der Waals surface area contributed by atoms with E-state index in [1.165, 1.54) is 0 Å². The lowest BCUT2D eigenvalue weighted by Gasteiger charge is -2.14. The number of thiazole rings is 1. The molecule has 0 bridgehead atoms. The predicted octanol–water partition coefficient (Wildman–Crippen LogP) is 3.81. The number of benzene rings is 1. The van der Waals surface area contributed by atoms with E-state index in [4.69, 9.17) is 4.74 Å². The minimum absolute atomic E-state index is 0.394. The maximum Gasteiger partial charge on any atom is 0.391 e. The van der Waals surface area contributed by atoms with Gasteiger partial charge in [-0.2, -0.15) is 13.2 Å². The van der Waals surface area contributed by atoms with Crippen LogP contribution in [-0.4, -0.2) is 29.0 Å². The Morgan fingerprint density at radius 3 is 2.48 bits per heavy atom. The van der Waals surface area contributed by atoms with Gasteiger partial charge < -0.3 is 9.84 Å². The first kappa shape index (κ1) is 15.8. The van der Waals surface area contributed by atoms with E-state index in [-0.39, 0.29) is 0 Å². The number of aliphatic hydroxyl groups is 1. The van der Waals surface area contributed by atoms with Gasteiger partial charge in [0.15, 0.2) is 0 Å². The summed E-state index contributed by atoms with van der Waals surface area (Å²) in [6, 6.07) is 6.84. The van der Waals surface area contributed by atoms with Crippen molar-refractivity contribution in [2.75, 3.05) is 6.61 Å². The van der Waals surface area contributed by atoms with E-state index < -0.39 is 25.3 Å². The van der Waals surface area contributed by atoms with Gasteiger partial charge in [0, 0.05) is 10.9 Å². The van der Waals surface area contributed by atoms with Crippen molar-refractivity contribution >= 4 is 11.3 Å². The number of aromatic nitrogens is 1. The summed E-state index contributed by atoms with van der Waals surface area (Å²) in [5, 5.41) is 12.1. The fraction of sp³-hybridized carbons (Fsp3) is 0.357. The second-order valence-corrected chi connectivity index (χ2v) is 5.62. The van der Waals surface area contributed by atoms with Crippen molar-refractivity contribution in [1.29, 1.82) is 0 Å². The van der Waals surface area contributed by atoms with Crippen LogP contribution in [0.5, 0.6) is 5.75 Å². The largest absolute Gasteiger partial charge is 0.491 e. The summed E-state index contributed by atoms with van der Waals surface area (Å²) in [6.45, 7) is 1.52. The predicted molar refractivity (Wildman–Crippen MR) is 74.5 cm³/mol. The standard InChI is InChI=1S/C14H14F3NO2S/c1-9-18-13(8-21-9)10-2-4-12(5-3-10)20-7-11(19)6-14(15,16)17/h2-5,8,11,19H,6-7H2,1H3. The Morgan fingerprint density at radius 2 is 1.95 bits per heavy atom. The quantitative estimate of drug-likeness (QED) is 0.912. The molecular weight excluding hydrogens is 303 g/mol. The third-order valence-electron chi connectivity index (χ3n) is 2.68. The molecule has 0 radical (unpaired) electrons. The van der Waals surface area contributed by atoms with Gasteiger partial charge in [-0.15, -0.1) is 11.3 Å². The number of halogens is 3. The van der Waals surface area contributed by atoms with Gasteiger partial charge in [0.2, 0.25) is 0 Å². The first-order valence-corrected chi connectivity index (χ1v) is 7.11. The summed E-state index contributed by atoms with van der Waals surface area (Å²) in [7, 11) is 0. The van der Waals surface area contributed by atoms with Crippen LogP contribution in [0.3, 0.4) is 0 Å². The van der Waals surface area contributed by atoms with Crippen LogP contribution in [0, 0.1) is 6.92 Å². The molecule has 21 heavy (non-hydrogen) atoms. The highest BCUT2D eigenvalue weighted by molar-refractivity contribution is 7.09. The van der Waals surface area contributed by atoms with Crippen LogP contribution < -0.4 is 4.74 Å². The number of aryl methyl sites for hydroxylation is 1. The number of rotatable bonds is 5. The van der Waals surface area contributed by atoms with Crippen molar-refractivity contribution in [1.82, 2.24) is 4.98 Å². The second kappa shape index (κ2) is 6.44. The molecule has 0 saturated carbocycles. The van der Waals surface area contributed by atoms with E-state index in [0.29, 0.717) is 5.75 Å². The average Bonchev–Trinajstić information content (AvgIpc) is 2.82. The molecule has 2 aromatic rings. The van der Waals surface area contributed by atoms with Crippen LogP contribution in [-0.2, 0) is 0 Å². The highest BCUT2D eigenvalue weighted by Gasteiger charge is 2.31. The normalized spacial score (nSPS) is 13.2. The molecule has 1 unspecified atom stereocenters. The van der Waals surface area contributed by atoms with Crippen LogP contribution in [0.1, 0.15) is 11.4 Å². The summed E-state index contributed by atoms with van der Waals surface area (Å²) < 4.78 is 41.3. The number of alkyl halides is 3. The zero-order chi connectivity index (χ0) is 15.5. The number of hydrogen-bond acceptors (Lipinski definition) is 4. The van der Waals surface area contributed by atoms with Gasteiger partial charge in [-0.05, 0) is 31.2 Å². The molecule has 2 rings (SSSR count). The van der Waals surface area contributed by atoms with E-state index >= 15 is 0 Å². The Labute approximate surface area is 124 Å². The molecule has 3 nitrogen and oxygen atoms in total. The number of nitrogens with zero attached hydrogens (tertiary/aromatic N) is 1. The van der Waals surface area contributed by atoms with E-state index in [0.717, 1.165) is 16.3 Å². The SMILES string of the molecule is Cc1nc(-c2ccc(OCC(O)CC(F)(F)F)cc2)cs1. The minimum atomic E-state index is -4.39. The lowest BCUT2D eigenvalue weighted by atomic mass is 10.2. The smallest absolute Gasteiger partial charge is 0.391 e. The number of ether oxygens (including phenoxy) is 1. The topological polar surface area (TPSA) is 42.4 Å². The molecule has 0 spiro atoms. The fourth-order valence-electron chi connectivity index (χ4n) is 1.74. The monoisotopic (exact) mass is 317 g/mol. The van der Waals surface area contributed by atoms with Gasteiger partial charge in [-0.3, -0.25) is 0 Å². The van der Waals surface area contributed by atoms with Crippen LogP contribution in [0.25, 0.3) is 11.3 Å². The molecule has 114 valence electrons. The molecule has 0 aliphatic carbocycles. The summed E-state index contributed by atoms with van der Waals surface area (Å²) >= 11 is 1.54. The summed E-state index contributed by atoms with van der Waals surface area (Å²) in [4.78, 5) is 4.34. The fourth-order valence-corrected chi connectivity index (χ4v) is 2.36. The molecule has 0 aliphatic rings. The molecule has 0 saturated heterocycles. The maximum atomic E-state index is 12.1. The molecule has 7 heteroatoms. The number of aliphatic hydroxyl groups excluding tert-OH is 1. The van der Waals surface area contributed by atoms with Crippen molar-refractivity contribution in [2.45, 2.75) is 25.6 Å². The average molecular weight is 317 g/mol. The minimum Gasteiger partial charge on any atom is -0.491 e. The molecular formula is C14H14F3NO2S. The van der Waals surface area contributed by atoms with Gasteiger partial charge in [-0.1, -0.05) is 0 Å². The highest BCUT2D eigenvalue weighted by atomic mass is 32.1.